The van der Waals surface area contributed by atoms with Crippen LogP contribution in [0, 0.1) is 5.92 Å². The molecule has 0 N–H and O–H groups in total. The largest absolute Gasteiger partial charge is 0.390 e. The first-order valence-corrected chi connectivity index (χ1v) is 5.85. The van der Waals surface area contributed by atoms with E-state index in [-0.39, 0.29) is 5.92 Å². The molecule has 92 valence electrons. The maximum atomic E-state index is 11.7. The summed E-state index contributed by atoms with van der Waals surface area (Å²) < 4.78 is 4.59. The third-order valence-corrected chi connectivity index (χ3v) is 2.99. The molecule has 0 radical (unpaired) electrons. The van der Waals surface area contributed by atoms with Gasteiger partial charge in [-0.1, -0.05) is 24.6 Å². The van der Waals surface area contributed by atoms with Gasteiger partial charge in [0.1, 0.15) is 0 Å². The van der Waals surface area contributed by atoms with Crippen molar-refractivity contribution in [3.63, 3.8) is 0 Å². The maximum Gasteiger partial charge on any atom is 0.346 e. The van der Waals surface area contributed by atoms with Gasteiger partial charge in [-0.15, -0.1) is 0 Å². The molecule has 4 heteroatoms. The minimum absolute atomic E-state index is 0.00109. The molecule has 0 amide bonds. The second-order valence-corrected chi connectivity index (χ2v) is 4.15. The lowest BCUT2D eigenvalue weighted by atomic mass is 9.86. The number of hydrogen-bond acceptors (Lipinski definition) is 3. The van der Waals surface area contributed by atoms with E-state index < -0.39 is 11.9 Å². The summed E-state index contributed by atoms with van der Waals surface area (Å²) in [7, 11) is 0. The molecule has 3 nitrogen and oxygen atoms in total. The zero-order chi connectivity index (χ0) is 13.0. The second kappa shape index (κ2) is 5.82. The number of allylic oxidation sites excluding steroid dienone is 4. The quantitative estimate of drug-likeness (QED) is 0.562. The Morgan fingerprint density at radius 2 is 2.12 bits per heavy atom. The number of carbonyl (C=O) groups is 2. The molecule has 17 heavy (non-hydrogen) atoms. The monoisotopic (exact) mass is 254 g/mol. The molecular formula is C13H15ClO3. The number of rotatable bonds is 2. The predicted octanol–water partition coefficient (Wildman–Crippen LogP) is 3.11. The fourth-order valence-electron chi connectivity index (χ4n) is 1.85. The Morgan fingerprint density at radius 3 is 2.59 bits per heavy atom. The average molecular weight is 255 g/mol. The van der Waals surface area contributed by atoms with Crippen molar-refractivity contribution in [2.45, 2.75) is 27.2 Å². The molecule has 0 bridgehead atoms. The molecule has 0 heterocycles. The molecule has 1 atom stereocenters. The van der Waals surface area contributed by atoms with E-state index in [1.165, 1.54) is 6.92 Å². The zero-order valence-corrected chi connectivity index (χ0v) is 10.9. The number of carbonyl (C=O) groups excluding carboxylic acids is 2. The highest BCUT2D eigenvalue weighted by molar-refractivity contribution is 6.30. The van der Waals surface area contributed by atoms with Crippen LogP contribution in [0.4, 0.5) is 0 Å². The average Bonchev–Trinajstić information content (AvgIpc) is 2.27. The highest BCUT2D eigenvalue weighted by Gasteiger charge is 2.27. The molecule has 0 aliphatic heterocycles. The van der Waals surface area contributed by atoms with E-state index in [2.05, 4.69) is 4.74 Å². The van der Waals surface area contributed by atoms with Gasteiger partial charge in [0, 0.05) is 17.9 Å². The first kappa shape index (κ1) is 13.7. The highest BCUT2D eigenvalue weighted by atomic mass is 35.5. The highest BCUT2D eigenvalue weighted by Crippen LogP contribution is 2.35. The summed E-state index contributed by atoms with van der Waals surface area (Å²) >= 11 is 6.09. The molecule has 1 aliphatic rings. The van der Waals surface area contributed by atoms with Crippen LogP contribution in [0.2, 0.25) is 0 Å². The molecule has 0 fully saturated rings. The van der Waals surface area contributed by atoms with Crippen molar-refractivity contribution < 1.29 is 14.3 Å². The van der Waals surface area contributed by atoms with Crippen LogP contribution in [0.1, 0.15) is 27.2 Å². The van der Waals surface area contributed by atoms with Crippen LogP contribution < -0.4 is 0 Å². The van der Waals surface area contributed by atoms with Gasteiger partial charge < -0.3 is 4.74 Å². The second-order valence-electron chi connectivity index (χ2n) is 3.72. The zero-order valence-electron chi connectivity index (χ0n) is 10.1. The van der Waals surface area contributed by atoms with E-state index in [0.29, 0.717) is 10.6 Å². The number of halogens is 1. The standard InChI is InChI=1S/C13H15ClO3/c1-4-9-10(5-2)12(14)7-6-11(9)13(16)17-8(3)15/h4,6-7,10H,5H2,1-3H3. The smallest absolute Gasteiger partial charge is 0.346 e. The number of esters is 2. The van der Waals surface area contributed by atoms with Gasteiger partial charge in [0.25, 0.3) is 0 Å². The lowest BCUT2D eigenvalue weighted by Crippen LogP contribution is -2.19. The first-order chi connectivity index (χ1) is 8.01. The molecular weight excluding hydrogens is 240 g/mol. The molecule has 0 aromatic carbocycles. The fourth-order valence-corrected chi connectivity index (χ4v) is 2.19. The maximum absolute atomic E-state index is 11.7. The summed E-state index contributed by atoms with van der Waals surface area (Å²) in [6.45, 7) is 5.03. The summed E-state index contributed by atoms with van der Waals surface area (Å²) in [6.07, 6.45) is 5.89. The normalized spacial score (nSPS) is 21.9. The van der Waals surface area contributed by atoms with Crippen molar-refractivity contribution in [2.75, 3.05) is 0 Å². The Kier molecular flexibility index (Phi) is 4.70. The molecule has 1 aliphatic carbocycles. The SMILES string of the molecule is CC=C1C(C(=O)OC(C)=O)=CC=C(Cl)C1CC. The van der Waals surface area contributed by atoms with Crippen molar-refractivity contribution in [3.05, 3.63) is 34.4 Å². The van der Waals surface area contributed by atoms with Crippen molar-refractivity contribution in [3.8, 4) is 0 Å². The van der Waals surface area contributed by atoms with Gasteiger partial charge in [0.2, 0.25) is 0 Å². The van der Waals surface area contributed by atoms with Crippen LogP contribution >= 0.6 is 11.6 Å². The Balaban J connectivity index is 3.06. The minimum Gasteiger partial charge on any atom is -0.390 e. The molecule has 0 aromatic heterocycles. The van der Waals surface area contributed by atoms with E-state index in [4.69, 9.17) is 11.6 Å². The van der Waals surface area contributed by atoms with Crippen LogP contribution in [-0.4, -0.2) is 11.9 Å². The van der Waals surface area contributed by atoms with Gasteiger partial charge >= 0.3 is 11.9 Å². The third-order valence-electron chi connectivity index (χ3n) is 2.60. The summed E-state index contributed by atoms with van der Waals surface area (Å²) in [5.41, 5.74) is 1.21. The third kappa shape index (κ3) is 3.07. The summed E-state index contributed by atoms with van der Waals surface area (Å²) in [5.74, 6) is -1.23. The summed E-state index contributed by atoms with van der Waals surface area (Å²) in [5, 5.41) is 0.694. The van der Waals surface area contributed by atoms with Gasteiger partial charge in [0.15, 0.2) is 0 Å². The lowest BCUT2D eigenvalue weighted by Gasteiger charge is -2.22. The molecule has 0 spiro atoms. The Labute approximate surface area is 106 Å². The van der Waals surface area contributed by atoms with Crippen LogP contribution in [0.25, 0.3) is 0 Å². The number of ether oxygens (including phenoxy) is 1. The van der Waals surface area contributed by atoms with E-state index in [1.54, 1.807) is 12.2 Å². The van der Waals surface area contributed by atoms with E-state index in [0.717, 1.165) is 12.0 Å². The fraction of sp³-hybridized carbons (Fsp3) is 0.385. The van der Waals surface area contributed by atoms with E-state index in [9.17, 15) is 9.59 Å². The van der Waals surface area contributed by atoms with Crippen LogP contribution in [0.15, 0.2) is 34.4 Å². The van der Waals surface area contributed by atoms with Crippen LogP contribution in [-0.2, 0) is 14.3 Å². The Bertz CT molecular complexity index is 430. The molecule has 0 aromatic rings. The van der Waals surface area contributed by atoms with Gasteiger partial charge in [-0.25, -0.2) is 4.79 Å². The van der Waals surface area contributed by atoms with Gasteiger partial charge in [-0.05, 0) is 31.1 Å². The van der Waals surface area contributed by atoms with Crippen LogP contribution in [0.3, 0.4) is 0 Å². The van der Waals surface area contributed by atoms with E-state index >= 15 is 0 Å². The van der Waals surface area contributed by atoms with Gasteiger partial charge in [0.05, 0.1) is 5.57 Å². The Hall–Kier alpha value is -1.35. The summed E-state index contributed by atoms with van der Waals surface area (Å²) in [4.78, 5) is 22.5. The topological polar surface area (TPSA) is 43.4 Å². The first-order valence-electron chi connectivity index (χ1n) is 5.47. The summed E-state index contributed by atoms with van der Waals surface area (Å²) in [6, 6.07) is 0. The molecule has 0 saturated heterocycles. The van der Waals surface area contributed by atoms with Crippen molar-refractivity contribution in [1.82, 2.24) is 0 Å². The molecule has 0 saturated carbocycles. The molecule has 1 rings (SSSR count). The minimum atomic E-state index is -0.621. The number of hydrogen-bond donors (Lipinski definition) is 0. The van der Waals surface area contributed by atoms with Crippen molar-refractivity contribution >= 4 is 23.5 Å². The van der Waals surface area contributed by atoms with E-state index in [1.807, 2.05) is 19.9 Å². The predicted molar refractivity (Wildman–Crippen MR) is 66.3 cm³/mol. The van der Waals surface area contributed by atoms with Crippen LogP contribution in [0.5, 0.6) is 0 Å². The molecule has 1 unspecified atom stereocenters. The van der Waals surface area contributed by atoms with Gasteiger partial charge in [-0.3, -0.25) is 4.79 Å². The Morgan fingerprint density at radius 1 is 1.47 bits per heavy atom. The van der Waals surface area contributed by atoms with Crippen molar-refractivity contribution in [2.24, 2.45) is 5.92 Å². The lowest BCUT2D eigenvalue weighted by molar-refractivity contribution is -0.155. The van der Waals surface area contributed by atoms with Gasteiger partial charge in [-0.2, -0.15) is 0 Å². The van der Waals surface area contributed by atoms with Crippen molar-refractivity contribution in [1.29, 1.82) is 0 Å².